The van der Waals surface area contributed by atoms with E-state index in [9.17, 15) is 43.2 Å². The zero-order chi connectivity index (χ0) is 74.6. The highest BCUT2D eigenvalue weighted by molar-refractivity contribution is 7.47. The average Bonchev–Trinajstić information content (AvgIpc) is 0.908. The third-order valence-electron chi connectivity index (χ3n) is 15.2. The van der Waals surface area contributed by atoms with Crippen LogP contribution in [0.15, 0.2) is 170 Å². The summed E-state index contributed by atoms with van der Waals surface area (Å²) in [5, 5.41) is 10.6. The number of esters is 4. The fourth-order valence-electron chi connectivity index (χ4n) is 9.41. The standard InChI is InChI=1S/C83H134O17P2/c1-5-9-13-17-21-25-29-33-36-38-41-44-47-51-55-59-63-67-80(85)93-73-78(99-82(87)69-65-61-57-53-49-43-32-28-24-20-16-12-8-4)75-97-101(89,90)95-71-77(84)72-96-102(91,92)98-76-79(100-83(88)70-66-62-58-54-50-46-40-35-31-27-23-19-15-11-7-3)74-94-81(86)68-64-60-56-52-48-45-42-39-37-34-30-26-22-18-14-10-6-2/h9-11,13-15,21-23,25-28,32-37,40-42,44-45,50-51,54-55,77-79,84H,5-8,12,16-20,24,29-31,38-39,43,46-49,52-53,56-76H2,1-4H3,(H,89,90)(H,91,92)/b13-9-,14-10-,15-11-,25-21-,26-22-,27-23-,32-28-,36-33-,37-34-,40-35-,44-41-,45-42-,54-50-,55-51-. The van der Waals surface area contributed by atoms with Gasteiger partial charge in [0.15, 0.2) is 12.2 Å². The van der Waals surface area contributed by atoms with Crippen LogP contribution in [0.2, 0.25) is 0 Å². The summed E-state index contributed by atoms with van der Waals surface area (Å²) in [4.78, 5) is 72.9. The third kappa shape index (κ3) is 72.8. The fourth-order valence-corrected chi connectivity index (χ4v) is 11.0. The normalized spacial score (nSPS) is 14.9. The average molecular weight is 1470 g/mol. The Kier molecular flexibility index (Phi) is 69.7. The SMILES string of the molecule is CC/C=C\C/C=C\C/C=C\C/C=C\C/C=C\CCCC(=O)OCC(COP(=O)(O)OCC(O)COP(=O)(O)OCC(COC(=O)CCCCCC/C=C\C/C=C\C/C=C\C/C=C\CC)OC(=O)CCCC/C=C\C/C=C\C/C=C\C/C=C\CC)OC(=O)CCCCCCC/C=C\CCCCCC. The molecular weight excluding hydrogens is 1330 g/mol. The molecule has 0 aromatic rings. The number of hydrogen-bond acceptors (Lipinski definition) is 15. The molecule has 0 saturated heterocycles. The molecule has 3 N–H and O–H groups in total. The van der Waals surface area contributed by atoms with E-state index in [0.717, 1.165) is 154 Å². The maximum atomic E-state index is 13.1. The van der Waals surface area contributed by atoms with Gasteiger partial charge < -0.3 is 33.8 Å². The number of rotatable bonds is 70. The number of ether oxygens (including phenoxy) is 4. The van der Waals surface area contributed by atoms with Crippen LogP contribution in [0.1, 0.15) is 272 Å². The van der Waals surface area contributed by atoms with Crippen LogP contribution in [-0.2, 0) is 65.4 Å². The van der Waals surface area contributed by atoms with Crippen molar-refractivity contribution >= 4 is 39.5 Å². The quantitative estimate of drug-likeness (QED) is 0.0169. The minimum atomic E-state index is -5.00. The number of aliphatic hydroxyl groups excluding tert-OH is 1. The number of carbonyl (C=O) groups is 4. The number of unbranched alkanes of at least 4 members (excludes halogenated alkanes) is 16. The molecule has 578 valence electrons. The first kappa shape index (κ1) is 96.4. The zero-order valence-corrected chi connectivity index (χ0v) is 64.8. The van der Waals surface area contributed by atoms with Gasteiger partial charge in [0.2, 0.25) is 0 Å². The molecule has 0 aliphatic carbocycles. The lowest BCUT2D eigenvalue weighted by molar-refractivity contribution is -0.161. The van der Waals surface area contributed by atoms with E-state index in [2.05, 4.69) is 186 Å². The Morgan fingerprint density at radius 3 is 0.853 bits per heavy atom. The highest BCUT2D eigenvalue weighted by Gasteiger charge is 2.30. The van der Waals surface area contributed by atoms with Crippen molar-refractivity contribution in [3.8, 4) is 0 Å². The van der Waals surface area contributed by atoms with Gasteiger partial charge >= 0.3 is 39.5 Å². The van der Waals surface area contributed by atoms with E-state index in [-0.39, 0.29) is 25.7 Å². The van der Waals surface area contributed by atoms with Gasteiger partial charge in [0.1, 0.15) is 19.3 Å². The van der Waals surface area contributed by atoms with Crippen molar-refractivity contribution in [2.45, 2.75) is 290 Å². The monoisotopic (exact) mass is 1460 g/mol. The number of allylic oxidation sites excluding steroid dienone is 28. The molecule has 0 aliphatic heterocycles. The molecule has 0 radical (unpaired) electrons. The predicted octanol–water partition coefficient (Wildman–Crippen LogP) is 22.2. The maximum absolute atomic E-state index is 13.1. The van der Waals surface area contributed by atoms with Crippen molar-refractivity contribution in [2.75, 3.05) is 39.6 Å². The van der Waals surface area contributed by atoms with Crippen molar-refractivity contribution < 1.29 is 80.2 Å². The Bertz CT molecular complexity index is 2600. The minimum Gasteiger partial charge on any atom is -0.462 e. The van der Waals surface area contributed by atoms with Gasteiger partial charge in [-0.25, -0.2) is 9.13 Å². The van der Waals surface area contributed by atoms with Gasteiger partial charge in [0.25, 0.3) is 0 Å². The van der Waals surface area contributed by atoms with E-state index >= 15 is 0 Å². The van der Waals surface area contributed by atoms with Crippen LogP contribution in [0.3, 0.4) is 0 Å². The lowest BCUT2D eigenvalue weighted by atomic mass is 10.1. The van der Waals surface area contributed by atoms with Crippen molar-refractivity contribution in [3.05, 3.63) is 170 Å². The molecule has 0 bridgehead atoms. The second kappa shape index (κ2) is 73.7. The third-order valence-corrected chi connectivity index (χ3v) is 17.1. The predicted molar refractivity (Wildman–Crippen MR) is 417 cm³/mol. The number of phosphoric acid groups is 2. The lowest BCUT2D eigenvalue weighted by Crippen LogP contribution is -2.30. The summed E-state index contributed by atoms with van der Waals surface area (Å²) in [6.45, 7) is 4.33. The van der Waals surface area contributed by atoms with Crippen LogP contribution in [0.5, 0.6) is 0 Å². The summed E-state index contributed by atoms with van der Waals surface area (Å²) in [5.74, 6) is -2.34. The van der Waals surface area contributed by atoms with E-state index in [0.29, 0.717) is 38.5 Å². The van der Waals surface area contributed by atoms with Crippen LogP contribution in [0.25, 0.3) is 0 Å². The highest BCUT2D eigenvalue weighted by atomic mass is 31.2. The first-order valence-corrected chi connectivity index (χ1v) is 41.4. The Morgan fingerprint density at radius 1 is 0.284 bits per heavy atom. The molecule has 0 aromatic heterocycles. The smallest absolute Gasteiger partial charge is 0.462 e. The molecule has 17 nitrogen and oxygen atoms in total. The lowest BCUT2D eigenvalue weighted by Gasteiger charge is -2.21. The van der Waals surface area contributed by atoms with E-state index < -0.39 is 97.5 Å². The number of aliphatic hydroxyl groups is 1. The van der Waals surface area contributed by atoms with Gasteiger partial charge in [0.05, 0.1) is 26.4 Å². The minimum absolute atomic E-state index is 0.0294. The molecule has 0 rings (SSSR count). The number of carbonyl (C=O) groups excluding carboxylic acids is 4. The Balaban J connectivity index is 5.48. The summed E-state index contributed by atoms with van der Waals surface area (Å²) < 4.78 is 68.4. The van der Waals surface area contributed by atoms with Gasteiger partial charge in [-0.3, -0.25) is 37.3 Å². The zero-order valence-electron chi connectivity index (χ0n) is 63.0. The second-order valence-corrected chi connectivity index (χ2v) is 27.7. The van der Waals surface area contributed by atoms with Crippen LogP contribution in [-0.4, -0.2) is 96.7 Å². The van der Waals surface area contributed by atoms with Crippen LogP contribution in [0, 0.1) is 0 Å². The fraction of sp³-hybridized carbons (Fsp3) is 0.614. The summed E-state index contributed by atoms with van der Waals surface area (Å²) in [6, 6.07) is 0. The first-order valence-electron chi connectivity index (χ1n) is 38.4. The molecule has 5 unspecified atom stereocenters. The highest BCUT2D eigenvalue weighted by Crippen LogP contribution is 2.45. The van der Waals surface area contributed by atoms with Crippen molar-refractivity contribution in [1.29, 1.82) is 0 Å². The van der Waals surface area contributed by atoms with Crippen LogP contribution >= 0.6 is 15.6 Å². The van der Waals surface area contributed by atoms with Gasteiger partial charge in [-0.2, -0.15) is 0 Å². The van der Waals surface area contributed by atoms with Gasteiger partial charge in [0, 0.05) is 25.7 Å². The maximum Gasteiger partial charge on any atom is 0.472 e. The van der Waals surface area contributed by atoms with Crippen LogP contribution in [0.4, 0.5) is 0 Å². The molecule has 102 heavy (non-hydrogen) atoms. The summed E-state index contributed by atoms with van der Waals surface area (Å²) in [7, 11) is -10.0. The van der Waals surface area contributed by atoms with E-state index in [1.54, 1.807) is 0 Å². The summed E-state index contributed by atoms with van der Waals surface area (Å²) in [6.07, 6.45) is 86.4. The van der Waals surface area contributed by atoms with E-state index in [4.69, 9.17) is 37.0 Å². The second-order valence-electron chi connectivity index (χ2n) is 24.8. The molecule has 0 aromatic carbocycles. The van der Waals surface area contributed by atoms with E-state index in [1.165, 1.54) is 25.7 Å². The molecule has 0 aliphatic rings. The van der Waals surface area contributed by atoms with Gasteiger partial charge in [-0.05, 0) is 167 Å². The molecule has 19 heteroatoms. The molecule has 5 atom stereocenters. The van der Waals surface area contributed by atoms with Gasteiger partial charge in [-0.1, -0.05) is 249 Å². The largest absolute Gasteiger partial charge is 0.472 e. The molecule has 0 fully saturated rings. The van der Waals surface area contributed by atoms with Gasteiger partial charge in [-0.15, -0.1) is 0 Å². The van der Waals surface area contributed by atoms with Crippen molar-refractivity contribution in [2.24, 2.45) is 0 Å². The number of phosphoric ester groups is 2. The summed E-state index contributed by atoms with van der Waals surface area (Å²) >= 11 is 0. The number of hydrogen-bond donors (Lipinski definition) is 3. The molecule has 0 heterocycles. The molecule has 0 saturated carbocycles. The first-order chi connectivity index (χ1) is 49.7. The molecule has 0 amide bonds. The Hall–Kier alpha value is -5.58. The Labute approximate surface area is 616 Å². The molecular formula is C83H134O17P2. The topological polar surface area (TPSA) is 237 Å². The van der Waals surface area contributed by atoms with E-state index in [1.807, 2.05) is 12.2 Å². The van der Waals surface area contributed by atoms with Crippen molar-refractivity contribution in [1.82, 2.24) is 0 Å². The summed E-state index contributed by atoms with van der Waals surface area (Å²) in [5.41, 5.74) is 0. The van der Waals surface area contributed by atoms with Crippen LogP contribution < -0.4 is 0 Å². The Morgan fingerprint density at radius 2 is 0.520 bits per heavy atom. The van der Waals surface area contributed by atoms with Crippen molar-refractivity contribution in [3.63, 3.8) is 0 Å². The molecule has 0 spiro atoms.